The molecule has 0 aliphatic heterocycles. The van der Waals surface area contributed by atoms with Crippen LogP contribution in [0, 0.1) is 0 Å². The molecule has 0 fully saturated rings. The fraction of sp³-hybridized carbons (Fsp3) is 0.462. The van der Waals surface area contributed by atoms with E-state index in [1.807, 2.05) is 37.6 Å². The summed E-state index contributed by atoms with van der Waals surface area (Å²) >= 11 is 1.75. The van der Waals surface area contributed by atoms with Crippen molar-refractivity contribution in [3.63, 3.8) is 0 Å². The van der Waals surface area contributed by atoms with Gasteiger partial charge in [0.25, 0.3) is 5.91 Å². The van der Waals surface area contributed by atoms with Crippen LogP contribution in [0.1, 0.15) is 17.3 Å². The fourth-order valence-corrected chi connectivity index (χ4v) is 1.94. The topological polar surface area (TPSA) is 32.3 Å². The summed E-state index contributed by atoms with van der Waals surface area (Å²) in [5, 5.41) is 3.21. The molecule has 0 heterocycles. The number of anilines is 1. The first-order valence-electron chi connectivity index (χ1n) is 5.77. The van der Waals surface area contributed by atoms with Gasteiger partial charge in [0, 0.05) is 37.1 Å². The number of nitrogens with zero attached hydrogens (tertiary/aromatic N) is 1. The highest BCUT2D eigenvalue weighted by Crippen LogP contribution is 2.11. The second kappa shape index (κ2) is 7.22. The number of carbonyl (C=O) groups is 1. The first-order chi connectivity index (χ1) is 8.19. The van der Waals surface area contributed by atoms with Crippen LogP contribution >= 0.6 is 11.8 Å². The average molecular weight is 252 g/mol. The lowest BCUT2D eigenvalue weighted by Gasteiger charge is -2.16. The predicted molar refractivity (Wildman–Crippen MR) is 75.9 cm³/mol. The van der Waals surface area contributed by atoms with Gasteiger partial charge in [-0.2, -0.15) is 11.8 Å². The Balaban J connectivity index is 2.62. The van der Waals surface area contributed by atoms with Crippen LogP contribution in [0.5, 0.6) is 0 Å². The minimum Gasteiger partial charge on any atom is -0.385 e. The third kappa shape index (κ3) is 4.30. The maximum Gasteiger partial charge on any atom is 0.253 e. The summed E-state index contributed by atoms with van der Waals surface area (Å²) in [6, 6.07) is 7.63. The van der Waals surface area contributed by atoms with Crippen LogP contribution in [-0.2, 0) is 0 Å². The number of benzene rings is 1. The SMILES string of the molecule is CCNc1ccc(C(=O)N(C)CCSC)cc1. The maximum absolute atomic E-state index is 12.0. The zero-order valence-electron chi connectivity index (χ0n) is 10.7. The Morgan fingerprint density at radius 3 is 2.53 bits per heavy atom. The van der Waals surface area contributed by atoms with Crippen LogP contribution in [0.15, 0.2) is 24.3 Å². The van der Waals surface area contributed by atoms with Crippen molar-refractivity contribution in [2.24, 2.45) is 0 Å². The lowest BCUT2D eigenvalue weighted by molar-refractivity contribution is 0.0804. The van der Waals surface area contributed by atoms with Gasteiger partial charge < -0.3 is 10.2 Å². The molecule has 1 N–H and O–H groups in total. The monoisotopic (exact) mass is 252 g/mol. The van der Waals surface area contributed by atoms with Gasteiger partial charge in [-0.3, -0.25) is 4.79 Å². The minimum absolute atomic E-state index is 0.0853. The summed E-state index contributed by atoms with van der Waals surface area (Å²) in [7, 11) is 1.84. The van der Waals surface area contributed by atoms with Crippen molar-refractivity contribution < 1.29 is 4.79 Å². The summed E-state index contributed by atoms with van der Waals surface area (Å²) < 4.78 is 0. The van der Waals surface area contributed by atoms with Crippen molar-refractivity contribution in [1.29, 1.82) is 0 Å². The summed E-state index contributed by atoms with van der Waals surface area (Å²) in [4.78, 5) is 13.8. The van der Waals surface area contributed by atoms with E-state index in [0.717, 1.165) is 30.1 Å². The second-order valence-corrected chi connectivity index (χ2v) is 4.81. The molecule has 17 heavy (non-hydrogen) atoms. The maximum atomic E-state index is 12.0. The van der Waals surface area contributed by atoms with Crippen molar-refractivity contribution >= 4 is 23.4 Å². The lowest BCUT2D eigenvalue weighted by atomic mass is 10.2. The van der Waals surface area contributed by atoms with E-state index in [0.29, 0.717) is 0 Å². The highest BCUT2D eigenvalue weighted by molar-refractivity contribution is 7.98. The molecule has 4 heteroatoms. The van der Waals surface area contributed by atoms with Crippen LogP contribution in [0.3, 0.4) is 0 Å². The Kier molecular flexibility index (Phi) is 5.91. The van der Waals surface area contributed by atoms with Crippen molar-refractivity contribution in [3.05, 3.63) is 29.8 Å². The highest BCUT2D eigenvalue weighted by atomic mass is 32.2. The van der Waals surface area contributed by atoms with E-state index in [1.165, 1.54) is 0 Å². The summed E-state index contributed by atoms with van der Waals surface area (Å²) in [6.07, 6.45) is 2.05. The molecule has 0 saturated heterocycles. The molecule has 1 aromatic carbocycles. The Morgan fingerprint density at radius 1 is 1.35 bits per heavy atom. The normalized spacial score (nSPS) is 10.1. The standard InChI is InChI=1S/C13H20N2OS/c1-4-14-12-7-5-11(6-8-12)13(16)15(2)9-10-17-3/h5-8,14H,4,9-10H2,1-3H3. The molecular weight excluding hydrogens is 232 g/mol. The molecule has 0 aliphatic rings. The largest absolute Gasteiger partial charge is 0.385 e. The molecule has 0 saturated carbocycles. The highest BCUT2D eigenvalue weighted by Gasteiger charge is 2.10. The number of rotatable bonds is 6. The van der Waals surface area contributed by atoms with Gasteiger partial charge in [-0.25, -0.2) is 0 Å². The van der Waals surface area contributed by atoms with Gasteiger partial charge in [0.1, 0.15) is 0 Å². The van der Waals surface area contributed by atoms with Gasteiger partial charge in [-0.1, -0.05) is 0 Å². The van der Waals surface area contributed by atoms with E-state index >= 15 is 0 Å². The van der Waals surface area contributed by atoms with Crippen LogP contribution in [0.4, 0.5) is 5.69 Å². The van der Waals surface area contributed by atoms with Crippen molar-refractivity contribution in [2.45, 2.75) is 6.92 Å². The molecule has 3 nitrogen and oxygen atoms in total. The molecule has 0 aromatic heterocycles. The Morgan fingerprint density at radius 2 is 2.00 bits per heavy atom. The molecule has 0 spiro atoms. The molecule has 94 valence electrons. The van der Waals surface area contributed by atoms with Gasteiger partial charge in [0.2, 0.25) is 0 Å². The average Bonchev–Trinajstić information content (AvgIpc) is 2.36. The fourth-order valence-electron chi connectivity index (χ4n) is 1.48. The lowest BCUT2D eigenvalue weighted by Crippen LogP contribution is -2.28. The quantitative estimate of drug-likeness (QED) is 0.844. The number of hydrogen-bond acceptors (Lipinski definition) is 3. The molecule has 0 atom stereocenters. The van der Waals surface area contributed by atoms with Crippen LogP contribution in [0.25, 0.3) is 0 Å². The van der Waals surface area contributed by atoms with E-state index in [1.54, 1.807) is 16.7 Å². The third-order valence-corrected chi connectivity index (χ3v) is 3.08. The molecule has 1 rings (SSSR count). The van der Waals surface area contributed by atoms with E-state index < -0.39 is 0 Å². The summed E-state index contributed by atoms with van der Waals surface area (Å²) in [5.41, 5.74) is 1.80. The van der Waals surface area contributed by atoms with Crippen molar-refractivity contribution in [3.8, 4) is 0 Å². The molecule has 0 bridgehead atoms. The van der Waals surface area contributed by atoms with Crippen LogP contribution in [0.2, 0.25) is 0 Å². The second-order valence-electron chi connectivity index (χ2n) is 3.83. The molecular formula is C13H20N2OS. The van der Waals surface area contributed by atoms with Gasteiger partial charge in [-0.05, 0) is 37.4 Å². The van der Waals surface area contributed by atoms with E-state index in [2.05, 4.69) is 12.2 Å². The van der Waals surface area contributed by atoms with Gasteiger partial charge in [0.05, 0.1) is 0 Å². The zero-order valence-corrected chi connectivity index (χ0v) is 11.5. The zero-order chi connectivity index (χ0) is 12.7. The Bertz CT molecular complexity index is 351. The first-order valence-corrected chi connectivity index (χ1v) is 7.16. The number of thioether (sulfide) groups is 1. The molecule has 1 aromatic rings. The minimum atomic E-state index is 0.0853. The van der Waals surface area contributed by atoms with Gasteiger partial charge in [-0.15, -0.1) is 0 Å². The van der Waals surface area contributed by atoms with Crippen molar-refractivity contribution in [1.82, 2.24) is 4.90 Å². The van der Waals surface area contributed by atoms with E-state index in [-0.39, 0.29) is 5.91 Å². The predicted octanol–water partition coefficient (Wildman–Crippen LogP) is 2.55. The summed E-state index contributed by atoms with van der Waals surface area (Å²) in [5.74, 6) is 1.06. The number of carbonyl (C=O) groups excluding carboxylic acids is 1. The Hall–Kier alpha value is -1.16. The van der Waals surface area contributed by atoms with Gasteiger partial charge >= 0.3 is 0 Å². The van der Waals surface area contributed by atoms with E-state index in [9.17, 15) is 4.79 Å². The molecule has 0 radical (unpaired) electrons. The van der Waals surface area contributed by atoms with Crippen LogP contribution in [-0.4, -0.2) is 43.0 Å². The molecule has 1 amide bonds. The van der Waals surface area contributed by atoms with E-state index in [4.69, 9.17) is 0 Å². The number of hydrogen-bond donors (Lipinski definition) is 1. The number of amides is 1. The van der Waals surface area contributed by atoms with Gasteiger partial charge in [0.15, 0.2) is 0 Å². The smallest absolute Gasteiger partial charge is 0.253 e. The third-order valence-electron chi connectivity index (χ3n) is 2.49. The Labute approximate surface area is 108 Å². The number of nitrogens with one attached hydrogen (secondary N) is 1. The molecule has 0 aliphatic carbocycles. The molecule has 0 unspecified atom stereocenters. The van der Waals surface area contributed by atoms with Crippen molar-refractivity contribution in [2.75, 3.05) is 37.5 Å². The van der Waals surface area contributed by atoms with Crippen LogP contribution < -0.4 is 5.32 Å². The summed E-state index contributed by atoms with van der Waals surface area (Å²) in [6.45, 7) is 3.73. The first kappa shape index (κ1) is 13.9.